The number of aromatic nitrogens is 1. The van der Waals surface area contributed by atoms with Crippen molar-refractivity contribution in [1.29, 1.82) is 0 Å². The van der Waals surface area contributed by atoms with E-state index in [1.54, 1.807) is 6.08 Å². The molecule has 0 atom stereocenters. The molecule has 2 aromatic heterocycles. The maximum absolute atomic E-state index is 6.12. The topological polar surface area (TPSA) is 18.1 Å². The van der Waals surface area contributed by atoms with E-state index in [1.807, 2.05) is 26.8 Å². The normalized spacial score (nSPS) is 11.8. The molecular weight excluding hydrogens is 643 g/mol. The van der Waals surface area contributed by atoms with Crippen LogP contribution in [0.15, 0.2) is 151 Å². The minimum atomic E-state index is 0.795. The standard InChI is InChI=1S/C49H37NO.C2H6/c1-5-13-43-45-29-34(23-26-49(45)51-48(43)7-3)35-21-24-37-31(4)46(14-6-2)50(47(37)30-35)36-16-12-15-32(27-36)33-22-25-42-40-19-9-8-17-38(40)39-18-10-11-20-41(39)44(42)28-33;1-2/h5-30H,3H2,1-2,4H3;1-2H3/b13-5-,14-6-;. The molecule has 0 aliphatic heterocycles. The van der Waals surface area contributed by atoms with Crippen LogP contribution in [0.1, 0.15) is 50.3 Å². The van der Waals surface area contributed by atoms with Crippen molar-refractivity contribution in [2.75, 3.05) is 0 Å². The monoisotopic (exact) mass is 685 g/mol. The van der Waals surface area contributed by atoms with Crippen molar-refractivity contribution in [3.05, 3.63) is 169 Å². The summed E-state index contributed by atoms with van der Waals surface area (Å²) in [6.45, 7) is 14.3. The maximum atomic E-state index is 6.12. The number of hydrogen-bond donors (Lipinski definition) is 0. The summed E-state index contributed by atoms with van der Waals surface area (Å²) in [7, 11) is 0. The lowest BCUT2D eigenvalue weighted by Crippen LogP contribution is -1.98. The summed E-state index contributed by atoms with van der Waals surface area (Å²) >= 11 is 0. The smallest absolute Gasteiger partial charge is 0.135 e. The van der Waals surface area contributed by atoms with Gasteiger partial charge in [0.2, 0.25) is 0 Å². The Morgan fingerprint density at radius 1 is 0.528 bits per heavy atom. The third kappa shape index (κ3) is 5.59. The lowest BCUT2D eigenvalue weighted by Gasteiger charge is -2.14. The van der Waals surface area contributed by atoms with Gasteiger partial charge in [-0.25, -0.2) is 0 Å². The van der Waals surface area contributed by atoms with E-state index in [1.165, 1.54) is 65.6 Å². The molecule has 7 aromatic carbocycles. The Hall–Kier alpha value is -6.38. The predicted octanol–water partition coefficient (Wildman–Crippen LogP) is 15.2. The molecule has 2 nitrogen and oxygen atoms in total. The molecule has 9 rings (SSSR count). The Morgan fingerprint density at radius 3 is 1.72 bits per heavy atom. The zero-order chi connectivity index (χ0) is 36.6. The highest BCUT2D eigenvalue weighted by atomic mass is 16.3. The van der Waals surface area contributed by atoms with Gasteiger partial charge in [0.1, 0.15) is 11.3 Å². The second kappa shape index (κ2) is 14.0. The van der Waals surface area contributed by atoms with Crippen LogP contribution in [-0.4, -0.2) is 4.57 Å². The predicted molar refractivity (Wildman–Crippen MR) is 232 cm³/mol. The summed E-state index contributed by atoms with van der Waals surface area (Å²) in [5.41, 5.74) is 11.4. The van der Waals surface area contributed by atoms with Gasteiger partial charge in [0.25, 0.3) is 0 Å². The number of aryl methyl sites for hydroxylation is 1. The van der Waals surface area contributed by atoms with Crippen molar-refractivity contribution >= 4 is 72.4 Å². The summed E-state index contributed by atoms with van der Waals surface area (Å²) in [6, 6.07) is 46.8. The fourth-order valence-electron chi connectivity index (χ4n) is 8.00. The number of nitrogens with zero attached hydrogens (tertiary/aromatic N) is 1. The van der Waals surface area contributed by atoms with Gasteiger partial charge in [-0.3, -0.25) is 0 Å². The van der Waals surface area contributed by atoms with Crippen LogP contribution in [0, 0.1) is 6.92 Å². The molecule has 0 fully saturated rings. The first kappa shape index (κ1) is 33.7. The van der Waals surface area contributed by atoms with Crippen molar-refractivity contribution in [1.82, 2.24) is 4.57 Å². The van der Waals surface area contributed by atoms with E-state index in [0.717, 1.165) is 39.1 Å². The summed E-state index contributed by atoms with van der Waals surface area (Å²) < 4.78 is 8.53. The fraction of sp³-hybridized carbons (Fsp3) is 0.0980. The molecule has 0 aliphatic rings. The zero-order valence-electron chi connectivity index (χ0n) is 31.1. The summed E-state index contributed by atoms with van der Waals surface area (Å²) in [5.74, 6) is 0.795. The highest BCUT2D eigenvalue weighted by Gasteiger charge is 2.17. The van der Waals surface area contributed by atoms with E-state index >= 15 is 0 Å². The van der Waals surface area contributed by atoms with Crippen molar-refractivity contribution < 1.29 is 4.42 Å². The molecule has 0 aliphatic carbocycles. The molecule has 0 unspecified atom stereocenters. The lowest BCUT2D eigenvalue weighted by atomic mass is 9.92. The van der Waals surface area contributed by atoms with Crippen LogP contribution in [-0.2, 0) is 0 Å². The Labute approximate surface area is 311 Å². The lowest BCUT2D eigenvalue weighted by molar-refractivity contribution is 0.603. The number of allylic oxidation sites excluding steroid dienone is 2. The summed E-state index contributed by atoms with van der Waals surface area (Å²) in [5, 5.41) is 10.1. The van der Waals surface area contributed by atoms with E-state index in [0.29, 0.717) is 0 Å². The average Bonchev–Trinajstić information content (AvgIpc) is 3.71. The van der Waals surface area contributed by atoms with Gasteiger partial charge in [0.15, 0.2) is 0 Å². The SMILES string of the molecule is C=Cc1oc2ccc(-c3ccc4c(C)c(/C=C\C)n(-c5cccc(-c6ccc7c8ccccc8c8ccccc8c7c6)c5)c4c3)cc2c1/C=C\C.CC. The fourth-order valence-corrected chi connectivity index (χ4v) is 8.00. The van der Waals surface area contributed by atoms with Gasteiger partial charge in [-0.2, -0.15) is 0 Å². The molecule has 53 heavy (non-hydrogen) atoms. The van der Waals surface area contributed by atoms with Crippen LogP contribution < -0.4 is 0 Å². The number of rotatable bonds is 6. The van der Waals surface area contributed by atoms with Gasteiger partial charge < -0.3 is 8.98 Å². The molecular formula is C51H43NO. The molecule has 0 N–H and O–H groups in total. The van der Waals surface area contributed by atoms with Crippen LogP contribution in [0.25, 0.3) is 100 Å². The van der Waals surface area contributed by atoms with E-state index in [4.69, 9.17) is 4.42 Å². The van der Waals surface area contributed by atoms with Crippen molar-refractivity contribution in [3.8, 4) is 27.9 Å². The number of fused-ring (bicyclic) bond motifs is 8. The minimum Gasteiger partial charge on any atom is -0.456 e. The van der Waals surface area contributed by atoms with Gasteiger partial charge >= 0.3 is 0 Å². The Morgan fingerprint density at radius 2 is 1.08 bits per heavy atom. The van der Waals surface area contributed by atoms with Gasteiger partial charge in [0.05, 0.1) is 5.52 Å². The third-order valence-electron chi connectivity index (χ3n) is 10.4. The summed E-state index contributed by atoms with van der Waals surface area (Å²) in [4.78, 5) is 0. The average molecular weight is 686 g/mol. The summed E-state index contributed by atoms with van der Waals surface area (Å²) in [6.07, 6.45) is 10.3. The van der Waals surface area contributed by atoms with E-state index < -0.39 is 0 Å². The highest BCUT2D eigenvalue weighted by Crippen LogP contribution is 2.39. The Balaban J connectivity index is 0.00000197. The molecule has 258 valence electrons. The Bertz CT molecular complexity index is 2870. The third-order valence-corrected chi connectivity index (χ3v) is 10.4. The van der Waals surface area contributed by atoms with E-state index in [2.05, 4.69) is 171 Å². The molecule has 0 saturated carbocycles. The second-order valence-electron chi connectivity index (χ2n) is 13.3. The number of furan rings is 1. The molecule has 0 amide bonds. The second-order valence-corrected chi connectivity index (χ2v) is 13.3. The van der Waals surface area contributed by atoms with Gasteiger partial charge in [-0.05, 0) is 129 Å². The quantitative estimate of drug-likeness (QED) is 0.159. The molecule has 2 heterocycles. The van der Waals surface area contributed by atoms with Crippen LogP contribution in [0.4, 0.5) is 0 Å². The molecule has 9 aromatic rings. The molecule has 0 spiro atoms. The van der Waals surface area contributed by atoms with E-state index in [-0.39, 0.29) is 0 Å². The van der Waals surface area contributed by atoms with Gasteiger partial charge in [0, 0.05) is 27.7 Å². The Kier molecular flexibility index (Phi) is 8.90. The van der Waals surface area contributed by atoms with E-state index in [9.17, 15) is 0 Å². The zero-order valence-corrected chi connectivity index (χ0v) is 31.1. The van der Waals surface area contributed by atoms with Crippen molar-refractivity contribution in [3.63, 3.8) is 0 Å². The van der Waals surface area contributed by atoms with Crippen LogP contribution >= 0.6 is 0 Å². The van der Waals surface area contributed by atoms with Crippen molar-refractivity contribution in [2.24, 2.45) is 0 Å². The molecule has 0 bridgehead atoms. The van der Waals surface area contributed by atoms with Crippen LogP contribution in [0.2, 0.25) is 0 Å². The van der Waals surface area contributed by atoms with Gasteiger partial charge in [-0.15, -0.1) is 0 Å². The van der Waals surface area contributed by atoms with Crippen molar-refractivity contribution in [2.45, 2.75) is 34.6 Å². The molecule has 0 radical (unpaired) electrons. The minimum absolute atomic E-state index is 0.795. The first-order valence-corrected chi connectivity index (χ1v) is 18.6. The first-order valence-electron chi connectivity index (χ1n) is 18.6. The largest absolute Gasteiger partial charge is 0.456 e. The number of hydrogen-bond acceptors (Lipinski definition) is 1. The molecule has 0 saturated heterocycles. The van der Waals surface area contributed by atoms with Crippen LogP contribution in [0.3, 0.4) is 0 Å². The maximum Gasteiger partial charge on any atom is 0.135 e. The number of benzene rings is 7. The highest BCUT2D eigenvalue weighted by molar-refractivity contribution is 6.25. The molecule has 2 heteroatoms. The van der Waals surface area contributed by atoms with Crippen LogP contribution in [0.5, 0.6) is 0 Å². The first-order chi connectivity index (χ1) is 26.1. The van der Waals surface area contributed by atoms with Gasteiger partial charge in [-0.1, -0.05) is 130 Å².